The summed E-state index contributed by atoms with van der Waals surface area (Å²) in [7, 11) is -2.85. The summed E-state index contributed by atoms with van der Waals surface area (Å²) in [5.74, 6) is 0.224. The summed E-state index contributed by atoms with van der Waals surface area (Å²) in [6, 6.07) is 0. The van der Waals surface area contributed by atoms with Gasteiger partial charge in [-0.3, -0.25) is 4.68 Å². The predicted molar refractivity (Wildman–Crippen MR) is 68.7 cm³/mol. The molecule has 0 atom stereocenters. The first-order chi connectivity index (χ1) is 6.81. The molecule has 0 aliphatic carbocycles. The van der Waals surface area contributed by atoms with Crippen LogP contribution in [0.25, 0.3) is 0 Å². The third-order valence-electron chi connectivity index (χ3n) is 2.18. The van der Waals surface area contributed by atoms with Gasteiger partial charge in [0.1, 0.15) is 9.84 Å². The number of aryl methyl sites for hydroxylation is 2. The summed E-state index contributed by atoms with van der Waals surface area (Å²) >= 11 is 2.26. The monoisotopic (exact) mass is 342 g/mol. The van der Waals surface area contributed by atoms with Gasteiger partial charge in [-0.2, -0.15) is 5.10 Å². The molecule has 0 N–H and O–H groups in total. The summed E-state index contributed by atoms with van der Waals surface area (Å²) < 4.78 is 24.9. The molecule has 0 spiro atoms. The smallest absolute Gasteiger partial charge is 0.147 e. The Bertz CT molecular complexity index is 451. The lowest BCUT2D eigenvalue weighted by molar-refractivity contribution is 0.566. The normalized spacial score (nSPS) is 12.0. The maximum atomic E-state index is 10.9. The summed E-state index contributed by atoms with van der Waals surface area (Å²) in [6.07, 6.45) is 1.88. The topological polar surface area (TPSA) is 52.0 Å². The molecular weight excluding hydrogens is 327 g/mol. The molecule has 0 aromatic carbocycles. The van der Waals surface area contributed by atoms with Crippen molar-refractivity contribution in [2.24, 2.45) is 0 Å². The second-order valence-corrected chi connectivity index (χ2v) is 7.03. The second-order valence-electron chi connectivity index (χ2n) is 3.69. The van der Waals surface area contributed by atoms with Gasteiger partial charge in [-0.15, -0.1) is 0 Å². The van der Waals surface area contributed by atoms with Gasteiger partial charge in [0.2, 0.25) is 0 Å². The van der Waals surface area contributed by atoms with E-state index in [2.05, 4.69) is 27.7 Å². The molecule has 0 aliphatic heterocycles. The molecule has 0 fully saturated rings. The van der Waals surface area contributed by atoms with Crippen molar-refractivity contribution >= 4 is 32.4 Å². The SMILES string of the molecule is Cc1nn(CCCS(C)(=O)=O)c(C)c1I. The fourth-order valence-electron chi connectivity index (χ4n) is 1.37. The first-order valence-electron chi connectivity index (χ1n) is 4.68. The van der Waals surface area contributed by atoms with Crippen LogP contribution in [0.15, 0.2) is 0 Å². The minimum Gasteiger partial charge on any atom is -0.268 e. The van der Waals surface area contributed by atoms with Gasteiger partial charge >= 0.3 is 0 Å². The van der Waals surface area contributed by atoms with Crippen LogP contribution in [0.5, 0.6) is 0 Å². The number of halogens is 1. The lowest BCUT2D eigenvalue weighted by Gasteiger charge is -2.03. The highest BCUT2D eigenvalue weighted by atomic mass is 127. The van der Waals surface area contributed by atoms with Crippen molar-refractivity contribution < 1.29 is 8.42 Å². The molecule has 1 aromatic rings. The molecule has 0 saturated carbocycles. The molecular formula is C9H15IN2O2S. The number of aromatic nitrogens is 2. The molecule has 1 heterocycles. The Kier molecular flexibility index (Phi) is 4.16. The van der Waals surface area contributed by atoms with Crippen molar-refractivity contribution in [1.82, 2.24) is 9.78 Å². The number of hydrogen-bond acceptors (Lipinski definition) is 3. The molecule has 0 aliphatic rings. The Morgan fingerprint density at radius 1 is 1.40 bits per heavy atom. The largest absolute Gasteiger partial charge is 0.268 e. The maximum Gasteiger partial charge on any atom is 0.147 e. The predicted octanol–water partition coefficient (Wildman–Crippen LogP) is 1.54. The van der Waals surface area contributed by atoms with Gasteiger partial charge in [-0.1, -0.05) is 0 Å². The first-order valence-corrected chi connectivity index (χ1v) is 7.82. The third-order valence-corrected chi connectivity index (χ3v) is 4.77. The van der Waals surface area contributed by atoms with E-state index < -0.39 is 9.84 Å². The average molecular weight is 342 g/mol. The van der Waals surface area contributed by atoms with Crippen LogP contribution in [0.1, 0.15) is 17.8 Å². The summed E-state index contributed by atoms with van der Waals surface area (Å²) in [5, 5.41) is 4.34. The zero-order chi connectivity index (χ0) is 11.6. The van der Waals surface area contributed by atoms with Gasteiger partial charge in [-0.05, 0) is 42.9 Å². The van der Waals surface area contributed by atoms with Gasteiger partial charge in [0.25, 0.3) is 0 Å². The van der Waals surface area contributed by atoms with Crippen molar-refractivity contribution in [2.75, 3.05) is 12.0 Å². The van der Waals surface area contributed by atoms with Crippen LogP contribution in [0, 0.1) is 17.4 Å². The average Bonchev–Trinajstić information content (AvgIpc) is 2.32. The van der Waals surface area contributed by atoms with Crippen LogP contribution in [0.3, 0.4) is 0 Å². The molecule has 0 radical (unpaired) electrons. The zero-order valence-corrected chi connectivity index (χ0v) is 12.1. The van der Waals surface area contributed by atoms with E-state index in [1.807, 2.05) is 18.5 Å². The molecule has 1 aromatic heterocycles. The highest BCUT2D eigenvalue weighted by molar-refractivity contribution is 14.1. The zero-order valence-electron chi connectivity index (χ0n) is 9.12. The number of hydrogen-bond donors (Lipinski definition) is 0. The van der Waals surface area contributed by atoms with E-state index >= 15 is 0 Å². The fourth-order valence-corrected chi connectivity index (χ4v) is 2.41. The van der Waals surface area contributed by atoms with Crippen molar-refractivity contribution in [3.63, 3.8) is 0 Å². The van der Waals surface area contributed by atoms with Crippen molar-refractivity contribution in [3.05, 3.63) is 15.0 Å². The van der Waals surface area contributed by atoms with E-state index in [1.54, 1.807) is 0 Å². The van der Waals surface area contributed by atoms with E-state index in [0.29, 0.717) is 13.0 Å². The van der Waals surface area contributed by atoms with Crippen LogP contribution in [0.2, 0.25) is 0 Å². The van der Waals surface area contributed by atoms with Gasteiger partial charge in [0, 0.05) is 18.5 Å². The quantitative estimate of drug-likeness (QED) is 0.780. The Balaban J connectivity index is 2.63. The maximum absolute atomic E-state index is 10.9. The van der Waals surface area contributed by atoms with E-state index in [-0.39, 0.29) is 5.75 Å². The van der Waals surface area contributed by atoms with E-state index in [9.17, 15) is 8.42 Å². The highest BCUT2D eigenvalue weighted by Crippen LogP contribution is 2.15. The number of sulfone groups is 1. The number of nitrogens with zero attached hydrogens (tertiary/aromatic N) is 2. The van der Waals surface area contributed by atoms with E-state index in [1.165, 1.54) is 6.26 Å². The summed E-state index contributed by atoms with van der Waals surface area (Å²) in [5.41, 5.74) is 2.12. The Hall–Kier alpha value is -0.110. The van der Waals surface area contributed by atoms with Crippen molar-refractivity contribution in [3.8, 4) is 0 Å². The first kappa shape index (κ1) is 13.0. The van der Waals surface area contributed by atoms with Gasteiger partial charge in [0.05, 0.1) is 15.0 Å². The lowest BCUT2D eigenvalue weighted by atomic mass is 10.4. The molecule has 0 unspecified atom stereocenters. The molecule has 1 rings (SSSR count). The molecule has 6 heteroatoms. The summed E-state index contributed by atoms with van der Waals surface area (Å²) in [4.78, 5) is 0. The van der Waals surface area contributed by atoms with E-state index in [4.69, 9.17) is 0 Å². The molecule has 0 saturated heterocycles. The van der Waals surface area contributed by atoms with E-state index in [0.717, 1.165) is 15.0 Å². The minimum atomic E-state index is -2.85. The highest BCUT2D eigenvalue weighted by Gasteiger charge is 2.09. The lowest BCUT2D eigenvalue weighted by Crippen LogP contribution is -2.09. The Morgan fingerprint density at radius 2 is 2.00 bits per heavy atom. The fraction of sp³-hybridized carbons (Fsp3) is 0.667. The number of rotatable bonds is 4. The van der Waals surface area contributed by atoms with Gasteiger partial charge < -0.3 is 0 Å². The Labute approximate surface area is 104 Å². The third kappa shape index (κ3) is 3.75. The van der Waals surface area contributed by atoms with Crippen LogP contribution < -0.4 is 0 Å². The molecule has 4 nitrogen and oxygen atoms in total. The summed E-state index contributed by atoms with van der Waals surface area (Å²) in [6.45, 7) is 4.63. The molecule has 0 bridgehead atoms. The van der Waals surface area contributed by atoms with Crippen LogP contribution in [-0.2, 0) is 16.4 Å². The van der Waals surface area contributed by atoms with Crippen LogP contribution in [0.4, 0.5) is 0 Å². The van der Waals surface area contributed by atoms with Gasteiger partial charge in [0.15, 0.2) is 0 Å². The van der Waals surface area contributed by atoms with Crippen molar-refractivity contribution in [1.29, 1.82) is 0 Å². The van der Waals surface area contributed by atoms with Crippen LogP contribution in [-0.4, -0.2) is 30.2 Å². The second kappa shape index (κ2) is 4.82. The van der Waals surface area contributed by atoms with Crippen molar-refractivity contribution in [2.45, 2.75) is 26.8 Å². The minimum absolute atomic E-state index is 0.224. The van der Waals surface area contributed by atoms with Crippen LogP contribution >= 0.6 is 22.6 Å². The van der Waals surface area contributed by atoms with Gasteiger partial charge in [-0.25, -0.2) is 8.42 Å². The molecule has 15 heavy (non-hydrogen) atoms. The Morgan fingerprint density at radius 3 is 2.40 bits per heavy atom. The standard InChI is InChI=1S/C9H15IN2O2S/c1-7-9(10)8(2)12(11-7)5-4-6-15(3,13)14/h4-6H2,1-3H3. The molecule has 86 valence electrons. The molecule has 0 amide bonds.